The summed E-state index contributed by atoms with van der Waals surface area (Å²) in [5.41, 5.74) is 5.40. The highest BCUT2D eigenvalue weighted by Crippen LogP contribution is 2.19. The van der Waals surface area contributed by atoms with Crippen molar-refractivity contribution in [3.05, 3.63) is 98.8 Å². The average molecular weight is 554 g/mol. The minimum Gasteiger partial charge on any atom is -0.507 e. The normalized spacial score (nSPS) is 11.3. The van der Waals surface area contributed by atoms with Crippen molar-refractivity contribution in [3.8, 4) is 5.75 Å². The van der Waals surface area contributed by atoms with Gasteiger partial charge < -0.3 is 15.3 Å². The maximum atomic E-state index is 12.8. The second-order valence-electron chi connectivity index (χ2n) is 7.27. The summed E-state index contributed by atoms with van der Waals surface area (Å²) in [5.74, 6) is -0.800. The quantitative estimate of drug-likeness (QED) is 0.178. The Balaban J connectivity index is 1.81. The summed E-state index contributed by atoms with van der Waals surface area (Å²) < 4.78 is 0.666. The lowest BCUT2D eigenvalue weighted by Crippen LogP contribution is -2.32. The number of benzene rings is 3. The third kappa shape index (κ3) is 6.91. The highest BCUT2D eigenvalue weighted by molar-refractivity contribution is 14.1. The Bertz CT molecular complexity index is 1190. The van der Waals surface area contributed by atoms with Gasteiger partial charge in [0, 0.05) is 25.3 Å². The van der Waals surface area contributed by atoms with Gasteiger partial charge in [-0.15, -0.1) is 0 Å². The molecular formula is C25H23IN4O3. The van der Waals surface area contributed by atoms with Gasteiger partial charge in [-0.25, -0.2) is 5.43 Å². The first kappa shape index (κ1) is 24.0. The fourth-order valence-corrected chi connectivity index (χ4v) is 3.35. The molecule has 8 heteroatoms. The van der Waals surface area contributed by atoms with Crippen LogP contribution in [0.1, 0.15) is 21.5 Å². The van der Waals surface area contributed by atoms with Gasteiger partial charge in [0.15, 0.2) is 0 Å². The number of halogens is 1. The lowest BCUT2D eigenvalue weighted by Gasteiger charge is -2.12. The number of hydrogen-bond acceptors (Lipinski definition) is 5. The molecule has 0 aliphatic carbocycles. The predicted octanol–water partition coefficient (Wildman–Crippen LogP) is 3.98. The molecule has 0 atom stereocenters. The number of rotatable bonds is 7. The number of carbonyl (C=O) groups is 2. The van der Waals surface area contributed by atoms with Gasteiger partial charge in [0.2, 0.25) is 0 Å². The Labute approximate surface area is 206 Å². The van der Waals surface area contributed by atoms with Crippen molar-refractivity contribution in [2.75, 3.05) is 19.0 Å². The second-order valence-corrected chi connectivity index (χ2v) is 8.44. The van der Waals surface area contributed by atoms with Gasteiger partial charge in [-0.3, -0.25) is 9.59 Å². The molecule has 0 saturated heterocycles. The van der Waals surface area contributed by atoms with Crippen LogP contribution in [0.2, 0.25) is 0 Å². The van der Waals surface area contributed by atoms with Gasteiger partial charge in [-0.05, 0) is 82.3 Å². The van der Waals surface area contributed by atoms with Crippen LogP contribution in [-0.2, 0) is 4.79 Å². The number of hydrogen-bond donors (Lipinski definition) is 3. The number of nitrogens with one attached hydrogen (secondary N) is 2. The van der Waals surface area contributed by atoms with Gasteiger partial charge in [-0.2, -0.15) is 5.10 Å². The Morgan fingerprint density at radius 2 is 1.64 bits per heavy atom. The Kier molecular flexibility index (Phi) is 8.20. The van der Waals surface area contributed by atoms with Crippen LogP contribution in [0.25, 0.3) is 6.08 Å². The van der Waals surface area contributed by atoms with Crippen molar-refractivity contribution in [2.24, 2.45) is 5.10 Å². The van der Waals surface area contributed by atoms with Crippen molar-refractivity contribution in [1.82, 2.24) is 10.7 Å². The van der Waals surface area contributed by atoms with E-state index in [1.807, 2.05) is 71.9 Å². The number of nitrogens with zero attached hydrogens (tertiary/aromatic N) is 2. The average Bonchev–Trinajstić information content (AvgIpc) is 2.81. The summed E-state index contributed by atoms with van der Waals surface area (Å²) in [4.78, 5) is 27.5. The Hall–Kier alpha value is -3.66. The van der Waals surface area contributed by atoms with Crippen molar-refractivity contribution >= 4 is 52.4 Å². The van der Waals surface area contributed by atoms with E-state index in [-0.39, 0.29) is 11.4 Å². The summed E-state index contributed by atoms with van der Waals surface area (Å²) in [5, 5.41) is 16.3. The molecule has 0 spiro atoms. The van der Waals surface area contributed by atoms with E-state index in [9.17, 15) is 14.7 Å². The minimum absolute atomic E-state index is 0.0545. The first-order chi connectivity index (χ1) is 15.8. The molecule has 0 aliphatic heterocycles. The number of phenolic OH excluding ortho intramolecular Hbond substituents is 1. The van der Waals surface area contributed by atoms with E-state index < -0.39 is 11.8 Å². The number of amides is 2. The number of aromatic hydroxyl groups is 1. The smallest absolute Gasteiger partial charge is 0.287 e. The first-order valence-corrected chi connectivity index (χ1v) is 11.1. The Morgan fingerprint density at radius 1 is 0.970 bits per heavy atom. The van der Waals surface area contributed by atoms with E-state index in [1.165, 1.54) is 6.21 Å². The third-order valence-electron chi connectivity index (χ3n) is 4.60. The molecule has 0 radical (unpaired) electrons. The van der Waals surface area contributed by atoms with Crippen LogP contribution in [0, 0.1) is 3.57 Å². The lowest BCUT2D eigenvalue weighted by molar-refractivity contribution is -0.117. The number of anilines is 1. The van der Waals surface area contributed by atoms with E-state index in [4.69, 9.17) is 0 Å². The molecule has 168 valence electrons. The predicted molar refractivity (Wildman–Crippen MR) is 139 cm³/mol. The van der Waals surface area contributed by atoms with Gasteiger partial charge in [-0.1, -0.05) is 30.3 Å². The Morgan fingerprint density at radius 3 is 2.27 bits per heavy atom. The zero-order valence-corrected chi connectivity index (χ0v) is 20.3. The molecule has 0 unspecified atom stereocenters. The highest BCUT2D eigenvalue weighted by Gasteiger charge is 2.14. The monoisotopic (exact) mass is 554 g/mol. The molecule has 2 amide bonds. The molecule has 0 bridgehead atoms. The third-order valence-corrected chi connectivity index (χ3v) is 5.46. The van der Waals surface area contributed by atoms with Gasteiger partial charge in [0.1, 0.15) is 11.4 Å². The zero-order chi connectivity index (χ0) is 23.8. The van der Waals surface area contributed by atoms with Crippen LogP contribution < -0.4 is 15.6 Å². The summed E-state index contributed by atoms with van der Waals surface area (Å²) in [7, 11) is 3.88. The molecule has 3 rings (SSSR count). The standard InChI is InChI=1S/C25H23IN4O3/c1-30(2)20-11-8-17(9-12-20)15-22(28-24(32)19-6-4-3-5-7-19)25(33)29-27-16-18-10-13-23(31)21(26)14-18/h3-16,31H,1-2H3,(H,28,32)(H,29,33)/b22-15-,27-16+. The summed E-state index contributed by atoms with van der Waals surface area (Å²) >= 11 is 2.00. The fraction of sp³-hybridized carbons (Fsp3) is 0.0800. The molecule has 0 heterocycles. The maximum absolute atomic E-state index is 12.8. The largest absolute Gasteiger partial charge is 0.507 e. The van der Waals surface area contributed by atoms with E-state index in [1.54, 1.807) is 48.5 Å². The van der Waals surface area contributed by atoms with Crippen LogP contribution in [0.15, 0.2) is 83.6 Å². The first-order valence-electron chi connectivity index (χ1n) is 10.0. The molecule has 3 aromatic rings. The maximum Gasteiger partial charge on any atom is 0.287 e. The van der Waals surface area contributed by atoms with Crippen LogP contribution in [0.4, 0.5) is 5.69 Å². The van der Waals surface area contributed by atoms with E-state index in [2.05, 4.69) is 15.8 Å². The molecule has 33 heavy (non-hydrogen) atoms. The molecule has 0 saturated carbocycles. The summed E-state index contributed by atoms with van der Waals surface area (Å²) in [6.07, 6.45) is 3.05. The summed E-state index contributed by atoms with van der Waals surface area (Å²) in [6.45, 7) is 0. The van der Waals surface area contributed by atoms with Crippen molar-refractivity contribution in [2.45, 2.75) is 0 Å². The van der Waals surface area contributed by atoms with E-state index >= 15 is 0 Å². The summed E-state index contributed by atoms with van der Waals surface area (Å²) in [6, 6.07) is 21.2. The molecule has 7 nitrogen and oxygen atoms in total. The molecule has 0 aliphatic rings. The molecule has 0 aromatic heterocycles. The minimum atomic E-state index is -0.569. The zero-order valence-electron chi connectivity index (χ0n) is 18.1. The molecule has 3 aromatic carbocycles. The second kappa shape index (κ2) is 11.3. The van der Waals surface area contributed by atoms with Crippen LogP contribution in [-0.4, -0.2) is 37.2 Å². The lowest BCUT2D eigenvalue weighted by atomic mass is 10.1. The van der Waals surface area contributed by atoms with Crippen molar-refractivity contribution in [1.29, 1.82) is 0 Å². The molecular weight excluding hydrogens is 531 g/mol. The SMILES string of the molecule is CN(C)c1ccc(/C=C(\NC(=O)c2ccccc2)C(=O)N/N=C/c2ccc(O)c(I)c2)cc1. The van der Waals surface area contributed by atoms with Crippen LogP contribution in [0.5, 0.6) is 5.75 Å². The highest BCUT2D eigenvalue weighted by atomic mass is 127. The van der Waals surface area contributed by atoms with E-state index in [0.717, 1.165) is 11.3 Å². The number of phenols is 1. The molecule has 3 N–H and O–H groups in total. The fourth-order valence-electron chi connectivity index (χ4n) is 2.81. The van der Waals surface area contributed by atoms with Gasteiger partial charge in [0.25, 0.3) is 11.8 Å². The topological polar surface area (TPSA) is 94.0 Å². The van der Waals surface area contributed by atoms with Crippen molar-refractivity contribution < 1.29 is 14.7 Å². The molecule has 0 fully saturated rings. The van der Waals surface area contributed by atoms with E-state index in [0.29, 0.717) is 14.7 Å². The van der Waals surface area contributed by atoms with Gasteiger partial charge in [0.05, 0.1) is 9.78 Å². The van der Waals surface area contributed by atoms with Crippen molar-refractivity contribution in [3.63, 3.8) is 0 Å². The number of carbonyl (C=O) groups excluding carboxylic acids is 2. The number of hydrazone groups is 1. The van der Waals surface area contributed by atoms with Gasteiger partial charge >= 0.3 is 0 Å². The van der Waals surface area contributed by atoms with Crippen LogP contribution >= 0.6 is 22.6 Å². The van der Waals surface area contributed by atoms with Crippen LogP contribution in [0.3, 0.4) is 0 Å².